The van der Waals surface area contributed by atoms with Crippen LogP contribution in [0.15, 0.2) is 36.5 Å². The Morgan fingerprint density at radius 2 is 0.791 bits per heavy atom. The largest absolute Gasteiger partial charge is 0.466 e. The summed E-state index contributed by atoms with van der Waals surface area (Å²) in [6, 6.07) is 0. The monoisotopic (exact) mass is 601 g/mol. The maximum atomic E-state index is 11.9. The van der Waals surface area contributed by atoms with Crippen LogP contribution in [0.4, 0.5) is 0 Å². The summed E-state index contributed by atoms with van der Waals surface area (Å²) in [5, 5.41) is 0. The van der Waals surface area contributed by atoms with Gasteiger partial charge < -0.3 is 4.74 Å². The zero-order chi connectivity index (χ0) is 31.2. The summed E-state index contributed by atoms with van der Waals surface area (Å²) in [5.74, 6) is 0.00865. The summed E-state index contributed by atoms with van der Waals surface area (Å²) in [7, 11) is 0. The van der Waals surface area contributed by atoms with Crippen LogP contribution in [0.2, 0.25) is 0 Å². The van der Waals surface area contributed by atoms with E-state index in [1.54, 1.807) is 0 Å². The predicted octanol–water partition coefficient (Wildman–Crippen LogP) is 14.3. The maximum Gasteiger partial charge on any atom is 0.305 e. The van der Waals surface area contributed by atoms with Gasteiger partial charge in [-0.15, -0.1) is 0 Å². The summed E-state index contributed by atoms with van der Waals surface area (Å²) in [6.45, 7) is 5.09. The second-order valence-corrected chi connectivity index (χ2v) is 12.9. The van der Waals surface area contributed by atoms with E-state index < -0.39 is 0 Å². The average Bonchev–Trinajstić information content (AvgIpc) is 3.01. The molecule has 2 heteroatoms. The van der Waals surface area contributed by atoms with Crippen molar-refractivity contribution in [1.82, 2.24) is 0 Å². The lowest BCUT2D eigenvalue weighted by Crippen LogP contribution is -2.05. The molecule has 0 aliphatic rings. The van der Waals surface area contributed by atoms with Crippen molar-refractivity contribution in [1.29, 1.82) is 0 Å². The third-order valence-electron chi connectivity index (χ3n) is 8.54. The van der Waals surface area contributed by atoms with Crippen LogP contribution in [0.1, 0.15) is 213 Å². The highest BCUT2D eigenvalue weighted by Crippen LogP contribution is 2.15. The Balaban J connectivity index is 3.21. The van der Waals surface area contributed by atoms with Gasteiger partial charge in [0.1, 0.15) is 0 Å². The van der Waals surface area contributed by atoms with Gasteiger partial charge in [-0.3, -0.25) is 4.79 Å². The van der Waals surface area contributed by atoms with Gasteiger partial charge in [0.25, 0.3) is 0 Å². The molecule has 0 rings (SSSR count). The second kappa shape index (κ2) is 38.7. The van der Waals surface area contributed by atoms with E-state index >= 15 is 0 Å². The fraction of sp³-hybridized carbons (Fsp3) is 0.829. The van der Waals surface area contributed by atoms with Gasteiger partial charge >= 0.3 is 5.97 Å². The number of carbonyl (C=O) groups is 1. The van der Waals surface area contributed by atoms with Crippen molar-refractivity contribution >= 4 is 5.97 Å². The van der Waals surface area contributed by atoms with E-state index in [1.807, 2.05) is 0 Å². The third kappa shape index (κ3) is 38.7. The molecular formula is C41H76O2. The molecule has 0 spiro atoms. The van der Waals surface area contributed by atoms with Gasteiger partial charge in [0.05, 0.1) is 6.61 Å². The van der Waals surface area contributed by atoms with Crippen molar-refractivity contribution in [2.24, 2.45) is 0 Å². The van der Waals surface area contributed by atoms with Gasteiger partial charge in [0, 0.05) is 6.42 Å². The van der Waals surface area contributed by atoms with E-state index in [-0.39, 0.29) is 5.97 Å². The minimum absolute atomic E-state index is 0.00865. The summed E-state index contributed by atoms with van der Waals surface area (Å²) in [4.78, 5) is 11.9. The predicted molar refractivity (Wildman–Crippen MR) is 193 cm³/mol. The van der Waals surface area contributed by atoms with E-state index in [9.17, 15) is 4.79 Å². The Morgan fingerprint density at radius 3 is 1.26 bits per heavy atom. The van der Waals surface area contributed by atoms with Crippen LogP contribution in [0, 0.1) is 0 Å². The number of unbranched alkanes of at least 4 members (excludes halogenated alkanes) is 25. The smallest absolute Gasteiger partial charge is 0.305 e. The Labute approximate surface area is 271 Å². The zero-order valence-electron chi connectivity index (χ0n) is 29.4. The third-order valence-corrected chi connectivity index (χ3v) is 8.54. The van der Waals surface area contributed by atoms with Crippen molar-refractivity contribution in [3.63, 3.8) is 0 Å². The van der Waals surface area contributed by atoms with Crippen LogP contribution in [-0.4, -0.2) is 12.6 Å². The average molecular weight is 601 g/mol. The van der Waals surface area contributed by atoms with Crippen LogP contribution >= 0.6 is 0 Å². The van der Waals surface area contributed by atoms with Crippen LogP contribution < -0.4 is 0 Å². The molecule has 252 valence electrons. The van der Waals surface area contributed by atoms with Crippen molar-refractivity contribution in [2.75, 3.05) is 6.61 Å². The Kier molecular flexibility index (Phi) is 37.5. The summed E-state index contributed by atoms with van der Waals surface area (Å²) in [5.41, 5.74) is 0. The first-order valence-electron chi connectivity index (χ1n) is 19.4. The minimum atomic E-state index is 0.00865. The van der Waals surface area contributed by atoms with Crippen molar-refractivity contribution < 1.29 is 9.53 Å². The molecule has 0 bridgehead atoms. The molecule has 0 fully saturated rings. The highest BCUT2D eigenvalue weighted by atomic mass is 16.5. The van der Waals surface area contributed by atoms with Gasteiger partial charge in [-0.25, -0.2) is 0 Å². The fourth-order valence-electron chi connectivity index (χ4n) is 5.68. The van der Waals surface area contributed by atoms with Crippen molar-refractivity contribution in [2.45, 2.75) is 213 Å². The molecular weight excluding hydrogens is 524 g/mol. The standard InChI is InChI=1S/C41H76O2/c1-3-5-7-9-11-13-15-17-19-20-21-22-23-24-26-28-30-32-34-36-38-40-43-41(42)39-37-35-33-31-29-27-25-18-16-14-12-10-8-6-4-2/h6,8,12,14,18,25H,3-5,7,9-11,13,15-17,19-24,26-40H2,1-2H3/b8-6-,14-12-,25-18-. The van der Waals surface area contributed by atoms with Crippen LogP contribution in [0.3, 0.4) is 0 Å². The number of esters is 1. The lowest BCUT2D eigenvalue weighted by atomic mass is 10.0. The number of ether oxygens (including phenoxy) is 1. The molecule has 0 heterocycles. The Morgan fingerprint density at radius 1 is 0.419 bits per heavy atom. The van der Waals surface area contributed by atoms with E-state index in [0.717, 1.165) is 38.5 Å². The molecule has 43 heavy (non-hydrogen) atoms. The Hall–Kier alpha value is -1.31. The quantitative estimate of drug-likeness (QED) is 0.0411. The van der Waals surface area contributed by atoms with Gasteiger partial charge in [-0.1, -0.05) is 198 Å². The van der Waals surface area contributed by atoms with Crippen molar-refractivity contribution in [3.8, 4) is 0 Å². The van der Waals surface area contributed by atoms with Crippen molar-refractivity contribution in [3.05, 3.63) is 36.5 Å². The summed E-state index contributed by atoms with van der Waals surface area (Å²) in [6.07, 6.45) is 53.7. The molecule has 0 amide bonds. The first kappa shape index (κ1) is 41.7. The number of carbonyl (C=O) groups excluding carboxylic acids is 1. The van der Waals surface area contributed by atoms with E-state index in [2.05, 4.69) is 50.3 Å². The molecule has 0 aliphatic heterocycles. The van der Waals surface area contributed by atoms with Gasteiger partial charge in [-0.2, -0.15) is 0 Å². The maximum absolute atomic E-state index is 11.9. The first-order chi connectivity index (χ1) is 21.3. The topological polar surface area (TPSA) is 26.3 Å². The van der Waals surface area contributed by atoms with E-state index in [4.69, 9.17) is 4.74 Å². The van der Waals surface area contributed by atoms with Crippen LogP contribution in [-0.2, 0) is 9.53 Å². The summed E-state index contributed by atoms with van der Waals surface area (Å²) < 4.78 is 5.44. The molecule has 0 saturated heterocycles. The molecule has 0 saturated carbocycles. The number of hydrogen-bond donors (Lipinski definition) is 0. The minimum Gasteiger partial charge on any atom is -0.466 e. The lowest BCUT2D eigenvalue weighted by molar-refractivity contribution is -0.143. The zero-order valence-corrected chi connectivity index (χ0v) is 29.4. The first-order valence-corrected chi connectivity index (χ1v) is 19.4. The highest BCUT2D eigenvalue weighted by molar-refractivity contribution is 5.69. The summed E-state index contributed by atoms with van der Waals surface area (Å²) >= 11 is 0. The molecule has 0 N–H and O–H groups in total. The molecule has 0 radical (unpaired) electrons. The van der Waals surface area contributed by atoms with E-state index in [1.165, 1.54) is 154 Å². The van der Waals surface area contributed by atoms with Gasteiger partial charge in [-0.05, 0) is 44.9 Å². The number of hydrogen-bond acceptors (Lipinski definition) is 2. The number of rotatable bonds is 35. The van der Waals surface area contributed by atoms with Crippen LogP contribution in [0.5, 0.6) is 0 Å². The van der Waals surface area contributed by atoms with Gasteiger partial charge in [0.15, 0.2) is 0 Å². The Bertz CT molecular complexity index is 617. The molecule has 0 unspecified atom stereocenters. The fourth-order valence-corrected chi connectivity index (χ4v) is 5.68. The lowest BCUT2D eigenvalue weighted by Gasteiger charge is -2.06. The normalized spacial score (nSPS) is 12.0. The molecule has 2 nitrogen and oxygen atoms in total. The van der Waals surface area contributed by atoms with Gasteiger partial charge in [0.2, 0.25) is 0 Å². The molecule has 0 aromatic carbocycles. The van der Waals surface area contributed by atoms with Crippen LogP contribution in [0.25, 0.3) is 0 Å². The second-order valence-electron chi connectivity index (χ2n) is 12.9. The number of allylic oxidation sites excluding steroid dienone is 6. The SMILES string of the molecule is CC/C=C\C/C=C\C/C=C\CCCCCCCC(=O)OCCCCCCCCCCCCCCCCCCCCCCC. The molecule has 0 atom stereocenters. The van der Waals surface area contributed by atoms with E-state index in [0.29, 0.717) is 13.0 Å². The molecule has 0 aromatic rings. The highest BCUT2D eigenvalue weighted by Gasteiger charge is 2.02. The molecule has 0 aliphatic carbocycles. The molecule has 0 aromatic heterocycles.